The number of hydrogen-bond donors (Lipinski definition) is 2. The van der Waals surface area contributed by atoms with Crippen LogP contribution in [0, 0.1) is 0 Å². The quantitative estimate of drug-likeness (QED) is 0.475. The van der Waals surface area contributed by atoms with Crippen molar-refractivity contribution in [1.29, 1.82) is 0 Å². The van der Waals surface area contributed by atoms with E-state index in [9.17, 15) is 9.59 Å². The second-order valence-corrected chi connectivity index (χ2v) is 8.44. The van der Waals surface area contributed by atoms with E-state index < -0.39 is 0 Å². The van der Waals surface area contributed by atoms with Gasteiger partial charge in [-0.2, -0.15) is 0 Å². The zero-order chi connectivity index (χ0) is 23.6. The van der Waals surface area contributed by atoms with Crippen LogP contribution in [0.5, 0.6) is 5.75 Å². The number of likely N-dealkylation sites (tertiary alicyclic amines) is 1. The van der Waals surface area contributed by atoms with Gasteiger partial charge in [0.2, 0.25) is 5.91 Å². The predicted octanol–water partition coefficient (Wildman–Crippen LogP) is 4.98. The topological polar surface area (TPSA) is 70.7 Å². The van der Waals surface area contributed by atoms with Gasteiger partial charge in [-0.3, -0.25) is 9.59 Å². The van der Waals surface area contributed by atoms with Gasteiger partial charge in [0.15, 0.2) is 0 Å². The standard InChI is InChI=1S/C28H31N3O3/c32-27(30-25-11-7-10-23(20-25)28(33)31-17-5-2-6-18-31)21-29-24-12-14-26(15-13-24)34-19-16-22-8-3-1-4-9-22/h1,3-4,7-15,20,29H,2,5-6,16-19,21H2,(H,30,32). The van der Waals surface area contributed by atoms with E-state index in [1.807, 2.05) is 47.4 Å². The van der Waals surface area contributed by atoms with E-state index in [2.05, 4.69) is 22.8 Å². The summed E-state index contributed by atoms with van der Waals surface area (Å²) in [5.41, 5.74) is 3.31. The summed E-state index contributed by atoms with van der Waals surface area (Å²) in [6, 6.07) is 24.9. The van der Waals surface area contributed by atoms with Gasteiger partial charge in [-0.1, -0.05) is 36.4 Å². The molecule has 0 atom stereocenters. The molecule has 176 valence electrons. The van der Waals surface area contributed by atoms with Crippen molar-refractivity contribution in [2.24, 2.45) is 0 Å². The first kappa shape index (κ1) is 23.4. The highest BCUT2D eigenvalue weighted by Crippen LogP contribution is 2.18. The van der Waals surface area contributed by atoms with Crippen molar-refractivity contribution < 1.29 is 14.3 Å². The molecule has 4 rings (SSSR count). The lowest BCUT2D eigenvalue weighted by molar-refractivity contribution is -0.114. The van der Waals surface area contributed by atoms with E-state index in [4.69, 9.17) is 4.74 Å². The molecule has 0 unspecified atom stereocenters. The Hall–Kier alpha value is -3.80. The molecule has 1 aliphatic rings. The van der Waals surface area contributed by atoms with Crippen molar-refractivity contribution in [3.05, 3.63) is 90.0 Å². The lowest BCUT2D eigenvalue weighted by Crippen LogP contribution is -2.35. The molecular weight excluding hydrogens is 426 g/mol. The summed E-state index contributed by atoms with van der Waals surface area (Å²) in [6.45, 7) is 2.34. The summed E-state index contributed by atoms with van der Waals surface area (Å²) in [6.07, 6.45) is 4.13. The minimum atomic E-state index is -0.175. The van der Waals surface area contributed by atoms with Gasteiger partial charge in [-0.15, -0.1) is 0 Å². The molecule has 2 N–H and O–H groups in total. The molecule has 6 heteroatoms. The number of ether oxygens (including phenoxy) is 1. The molecule has 1 heterocycles. The minimum absolute atomic E-state index is 0.0278. The highest BCUT2D eigenvalue weighted by atomic mass is 16.5. The Balaban J connectivity index is 1.22. The van der Waals surface area contributed by atoms with Crippen LogP contribution in [-0.2, 0) is 11.2 Å². The van der Waals surface area contributed by atoms with Gasteiger partial charge >= 0.3 is 0 Å². The van der Waals surface area contributed by atoms with E-state index in [0.29, 0.717) is 17.9 Å². The monoisotopic (exact) mass is 457 g/mol. The van der Waals surface area contributed by atoms with Crippen molar-refractivity contribution >= 4 is 23.2 Å². The molecule has 0 radical (unpaired) electrons. The molecular formula is C28H31N3O3. The average Bonchev–Trinajstić information content (AvgIpc) is 2.89. The summed E-state index contributed by atoms with van der Waals surface area (Å²) in [5.74, 6) is 0.645. The minimum Gasteiger partial charge on any atom is -0.493 e. The number of amides is 2. The second-order valence-electron chi connectivity index (χ2n) is 8.44. The van der Waals surface area contributed by atoms with Crippen LogP contribution in [0.25, 0.3) is 0 Å². The fourth-order valence-electron chi connectivity index (χ4n) is 4.00. The van der Waals surface area contributed by atoms with Crippen molar-refractivity contribution in [1.82, 2.24) is 4.90 Å². The molecule has 1 saturated heterocycles. The maximum Gasteiger partial charge on any atom is 0.253 e. The molecule has 1 fully saturated rings. The van der Waals surface area contributed by atoms with Crippen LogP contribution in [-0.4, -0.2) is 43.0 Å². The SMILES string of the molecule is O=C(CNc1ccc(OCCc2ccccc2)cc1)Nc1cccc(C(=O)N2CCCCC2)c1. The molecule has 1 aliphatic heterocycles. The van der Waals surface area contributed by atoms with Gasteiger partial charge in [0.25, 0.3) is 5.91 Å². The number of nitrogens with one attached hydrogen (secondary N) is 2. The molecule has 0 saturated carbocycles. The number of nitrogens with zero attached hydrogens (tertiary/aromatic N) is 1. The average molecular weight is 458 g/mol. The third kappa shape index (κ3) is 6.85. The fourth-order valence-corrected chi connectivity index (χ4v) is 4.00. The number of carbonyl (C=O) groups is 2. The number of piperidine rings is 1. The van der Waals surface area contributed by atoms with Gasteiger partial charge in [-0.05, 0) is 67.3 Å². The Labute approximate surface area is 200 Å². The van der Waals surface area contributed by atoms with Gasteiger partial charge in [0.1, 0.15) is 5.75 Å². The predicted molar refractivity (Wildman–Crippen MR) is 135 cm³/mol. The smallest absolute Gasteiger partial charge is 0.253 e. The van der Waals surface area contributed by atoms with E-state index in [0.717, 1.165) is 43.8 Å². The van der Waals surface area contributed by atoms with E-state index in [-0.39, 0.29) is 18.4 Å². The summed E-state index contributed by atoms with van der Waals surface area (Å²) >= 11 is 0. The van der Waals surface area contributed by atoms with Gasteiger partial charge in [0, 0.05) is 36.4 Å². The van der Waals surface area contributed by atoms with Crippen LogP contribution in [0.2, 0.25) is 0 Å². The van der Waals surface area contributed by atoms with Gasteiger partial charge in [0.05, 0.1) is 13.2 Å². The van der Waals surface area contributed by atoms with Crippen LogP contribution in [0.3, 0.4) is 0 Å². The van der Waals surface area contributed by atoms with Crippen LogP contribution in [0.1, 0.15) is 35.2 Å². The Morgan fingerprint density at radius 2 is 1.59 bits per heavy atom. The molecule has 0 bridgehead atoms. The number of rotatable bonds is 9. The van der Waals surface area contributed by atoms with E-state index >= 15 is 0 Å². The summed E-state index contributed by atoms with van der Waals surface area (Å²) in [7, 11) is 0. The first-order valence-corrected chi connectivity index (χ1v) is 11.9. The Morgan fingerprint density at radius 1 is 0.824 bits per heavy atom. The molecule has 34 heavy (non-hydrogen) atoms. The number of benzene rings is 3. The Bertz CT molecular complexity index is 1080. The van der Waals surface area contributed by atoms with E-state index in [1.165, 1.54) is 12.0 Å². The van der Waals surface area contributed by atoms with Crippen LogP contribution in [0.15, 0.2) is 78.9 Å². The molecule has 2 amide bonds. The zero-order valence-electron chi connectivity index (χ0n) is 19.3. The molecule has 6 nitrogen and oxygen atoms in total. The van der Waals surface area contributed by atoms with E-state index in [1.54, 1.807) is 24.3 Å². The highest BCUT2D eigenvalue weighted by molar-refractivity contribution is 5.98. The molecule has 0 aromatic heterocycles. The lowest BCUT2D eigenvalue weighted by atomic mass is 10.1. The van der Waals surface area contributed by atoms with Crippen LogP contribution < -0.4 is 15.4 Å². The number of anilines is 2. The summed E-state index contributed by atoms with van der Waals surface area (Å²) in [4.78, 5) is 27.0. The first-order chi connectivity index (χ1) is 16.7. The fraction of sp³-hybridized carbons (Fsp3) is 0.286. The molecule has 0 spiro atoms. The lowest BCUT2D eigenvalue weighted by Gasteiger charge is -2.26. The molecule has 3 aromatic carbocycles. The molecule has 0 aliphatic carbocycles. The third-order valence-corrected chi connectivity index (χ3v) is 5.85. The summed E-state index contributed by atoms with van der Waals surface area (Å²) in [5, 5.41) is 5.99. The Morgan fingerprint density at radius 3 is 2.35 bits per heavy atom. The van der Waals surface area contributed by atoms with Gasteiger partial charge in [-0.25, -0.2) is 0 Å². The number of carbonyl (C=O) groups excluding carboxylic acids is 2. The third-order valence-electron chi connectivity index (χ3n) is 5.85. The van der Waals surface area contributed by atoms with Crippen molar-refractivity contribution in [2.45, 2.75) is 25.7 Å². The van der Waals surface area contributed by atoms with Gasteiger partial charge < -0.3 is 20.3 Å². The maximum atomic E-state index is 12.7. The highest BCUT2D eigenvalue weighted by Gasteiger charge is 2.18. The second kappa shape index (κ2) is 11.9. The van der Waals surface area contributed by atoms with Crippen molar-refractivity contribution in [3.8, 4) is 5.75 Å². The maximum absolute atomic E-state index is 12.7. The number of hydrogen-bond acceptors (Lipinski definition) is 4. The zero-order valence-corrected chi connectivity index (χ0v) is 19.3. The van der Waals surface area contributed by atoms with Crippen molar-refractivity contribution in [3.63, 3.8) is 0 Å². The molecule has 3 aromatic rings. The van der Waals surface area contributed by atoms with Crippen LogP contribution >= 0.6 is 0 Å². The first-order valence-electron chi connectivity index (χ1n) is 11.9. The summed E-state index contributed by atoms with van der Waals surface area (Å²) < 4.78 is 5.81. The van der Waals surface area contributed by atoms with Crippen molar-refractivity contribution in [2.75, 3.05) is 36.9 Å². The largest absolute Gasteiger partial charge is 0.493 e. The Kier molecular flexibility index (Phi) is 8.17. The van der Waals surface area contributed by atoms with Crippen LogP contribution in [0.4, 0.5) is 11.4 Å². The normalized spacial score (nSPS) is 13.2.